The molecule has 1 N–H and O–H groups in total. The summed E-state index contributed by atoms with van der Waals surface area (Å²) in [7, 11) is 1.52. The van der Waals surface area contributed by atoms with E-state index < -0.39 is 0 Å². The number of thiazole rings is 1. The molecular weight excluding hydrogens is 227 g/mol. The Kier molecular flexibility index (Phi) is 3.36. The largest absolute Gasteiger partial charge is 0.494 e. The molecule has 0 unspecified atom stereocenters. The van der Waals surface area contributed by atoms with Gasteiger partial charge in [-0.15, -0.1) is 11.3 Å². The predicted molar refractivity (Wildman–Crippen MR) is 62.4 cm³/mol. The predicted octanol–water partition coefficient (Wildman–Crippen LogP) is 2.90. The van der Waals surface area contributed by atoms with E-state index in [0.717, 1.165) is 11.4 Å². The van der Waals surface area contributed by atoms with Gasteiger partial charge >= 0.3 is 0 Å². The average molecular weight is 238 g/mol. The molecule has 3 nitrogen and oxygen atoms in total. The Labute approximate surface area is 96.9 Å². The summed E-state index contributed by atoms with van der Waals surface area (Å²) in [6, 6.07) is 4.40. The third-order valence-corrected chi connectivity index (χ3v) is 2.74. The van der Waals surface area contributed by atoms with Gasteiger partial charge in [-0.1, -0.05) is 0 Å². The number of benzene rings is 1. The third-order valence-electron chi connectivity index (χ3n) is 2.11. The van der Waals surface area contributed by atoms with Crippen molar-refractivity contribution in [1.82, 2.24) is 4.98 Å². The molecule has 0 aliphatic carbocycles. The molecular formula is C11H11FN2OS. The van der Waals surface area contributed by atoms with Gasteiger partial charge in [0.15, 0.2) is 0 Å². The van der Waals surface area contributed by atoms with Crippen molar-refractivity contribution >= 4 is 17.0 Å². The van der Waals surface area contributed by atoms with Crippen LogP contribution in [0.15, 0.2) is 29.1 Å². The van der Waals surface area contributed by atoms with Gasteiger partial charge in [0.25, 0.3) is 0 Å². The summed E-state index contributed by atoms with van der Waals surface area (Å²) in [5, 5.41) is 5.11. The Morgan fingerprint density at radius 1 is 1.50 bits per heavy atom. The number of hydrogen-bond donors (Lipinski definition) is 1. The van der Waals surface area contributed by atoms with Crippen LogP contribution in [-0.4, -0.2) is 12.1 Å². The van der Waals surface area contributed by atoms with Crippen LogP contribution in [0.3, 0.4) is 0 Å². The highest BCUT2D eigenvalue weighted by Crippen LogP contribution is 2.25. The maximum absolute atomic E-state index is 12.9. The van der Waals surface area contributed by atoms with E-state index in [1.54, 1.807) is 22.9 Å². The third kappa shape index (κ3) is 2.49. The van der Waals surface area contributed by atoms with Gasteiger partial charge in [0.2, 0.25) is 0 Å². The average Bonchev–Trinajstić information content (AvgIpc) is 2.80. The van der Waals surface area contributed by atoms with Crippen LogP contribution in [0.4, 0.5) is 10.1 Å². The Hall–Kier alpha value is -1.62. The molecule has 2 aromatic rings. The molecule has 84 valence electrons. The Bertz CT molecular complexity index is 459. The first kappa shape index (κ1) is 10.9. The van der Waals surface area contributed by atoms with Crippen LogP contribution >= 0.6 is 11.3 Å². The summed E-state index contributed by atoms with van der Waals surface area (Å²) < 4.78 is 18.0. The highest BCUT2D eigenvalue weighted by molar-refractivity contribution is 7.07. The molecule has 0 saturated heterocycles. The maximum Gasteiger partial charge on any atom is 0.144 e. The number of anilines is 1. The van der Waals surface area contributed by atoms with Gasteiger partial charge in [-0.25, -0.2) is 9.37 Å². The van der Waals surface area contributed by atoms with Crippen molar-refractivity contribution < 1.29 is 9.13 Å². The number of halogens is 1. The van der Waals surface area contributed by atoms with E-state index >= 15 is 0 Å². The Balaban J connectivity index is 2.09. The molecule has 2 rings (SSSR count). The molecule has 1 heterocycles. The fourth-order valence-corrected chi connectivity index (χ4v) is 1.88. The Morgan fingerprint density at radius 3 is 3.06 bits per heavy atom. The molecule has 5 heteroatoms. The van der Waals surface area contributed by atoms with Crippen LogP contribution < -0.4 is 10.1 Å². The van der Waals surface area contributed by atoms with Crippen LogP contribution in [0.1, 0.15) is 5.69 Å². The molecule has 0 radical (unpaired) electrons. The smallest absolute Gasteiger partial charge is 0.144 e. The lowest BCUT2D eigenvalue weighted by Gasteiger charge is -2.09. The molecule has 0 amide bonds. The minimum atomic E-state index is -0.309. The molecule has 0 fully saturated rings. The van der Waals surface area contributed by atoms with Crippen molar-refractivity contribution in [3.05, 3.63) is 40.6 Å². The molecule has 16 heavy (non-hydrogen) atoms. The maximum atomic E-state index is 12.9. The summed E-state index contributed by atoms with van der Waals surface area (Å²) >= 11 is 1.54. The minimum Gasteiger partial charge on any atom is -0.494 e. The number of rotatable bonds is 4. The van der Waals surface area contributed by atoms with Gasteiger partial charge in [0.1, 0.15) is 11.6 Å². The lowest BCUT2D eigenvalue weighted by molar-refractivity contribution is 0.413. The first-order chi connectivity index (χ1) is 7.79. The molecule has 0 aliphatic rings. The molecule has 1 aromatic carbocycles. The van der Waals surface area contributed by atoms with Gasteiger partial charge in [-0.2, -0.15) is 0 Å². The number of aromatic nitrogens is 1. The van der Waals surface area contributed by atoms with Crippen molar-refractivity contribution in [2.45, 2.75) is 6.54 Å². The topological polar surface area (TPSA) is 34.1 Å². The van der Waals surface area contributed by atoms with E-state index in [4.69, 9.17) is 4.74 Å². The second-order valence-corrected chi connectivity index (χ2v) is 3.90. The number of nitrogens with zero attached hydrogens (tertiary/aromatic N) is 1. The summed E-state index contributed by atoms with van der Waals surface area (Å²) in [6.45, 7) is 0.603. The Morgan fingerprint density at radius 2 is 2.38 bits per heavy atom. The highest BCUT2D eigenvalue weighted by Gasteiger charge is 2.04. The van der Waals surface area contributed by atoms with Gasteiger partial charge in [-0.3, -0.25) is 0 Å². The number of nitrogens with one attached hydrogen (secondary N) is 1. The fourth-order valence-electron chi connectivity index (χ4n) is 1.32. The van der Waals surface area contributed by atoms with E-state index in [1.165, 1.54) is 19.2 Å². The monoisotopic (exact) mass is 238 g/mol. The molecule has 0 saturated carbocycles. The summed E-state index contributed by atoms with van der Waals surface area (Å²) in [5.74, 6) is 0.186. The molecule has 0 aliphatic heterocycles. The zero-order chi connectivity index (χ0) is 11.4. The quantitative estimate of drug-likeness (QED) is 0.889. The van der Waals surface area contributed by atoms with Crippen LogP contribution in [0.25, 0.3) is 0 Å². The fraction of sp³-hybridized carbons (Fsp3) is 0.182. The van der Waals surface area contributed by atoms with E-state index in [-0.39, 0.29) is 5.82 Å². The zero-order valence-electron chi connectivity index (χ0n) is 8.74. The lowest BCUT2D eigenvalue weighted by atomic mass is 10.2. The number of hydrogen-bond acceptors (Lipinski definition) is 4. The first-order valence-corrected chi connectivity index (χ1v) is 5.68. The van der Waals surface area contributed by atoms with Crippen molar-refractivity contribution in [2.24, 2.45) is 0 Å². The summed E-state index contributed by atoms with van der Waals surface area (Å²) in [6.07, 6.45) is 0. The van der Waals surface area contributed by atoms with Crippen LogP contribution in [0.5, 0.6) is 5.75 Å². The van der Waals surface area contributed by atoms with Crippen molar-refractivity contribution in [1.29, 1.82) is 0 Å². The number of methoxy groups -OCH3 is 1. The first-order valence-electron chi connectivity index (χ1n) is 4.74. The van der Waals surface area contributed by atoms with E-state index in [9.17, 15) is 4.39 Å². The minimum absolute atomic E-state index is 0.309. The van der Waals surface area contributed by atoms with Crippen LogP contribution in [0, 0.1) is 5.82 Å². The SMILES string of the molecule is COc1cc(F)ccc1NCc1cscn1. The van der Waals surface area contributed by atoms with Crippen LogP contribution in [-0.2, 0) is 6.54 Å². The van der Waals surface area contributed by atoms with E-state index in [2.05, 4.69) is 10.3 Å². The number of ether oxygens (including phenoxy) is 1. The molecule has 0 spiro atoms. The zero-order valence-corrected chi connectivity index (χ0v) is 9.55. The van der Waals surface area contributed by atoms with E-state index in [1.807, 2.05) is 5.38 Å². The summed E-state index contributed by atoms with van der Waals surface area (Å²) in [5.41, 5.74) is 3.49. The van der Waals surface area contributed by atoms with Gasteiger partial charge in [-0.05, 0) is 12.1 Å². The molecule has 1 aromatic heterocycles. The van der Waals surface area contributed by atoms with Gasteiger partial charge in [0, 0.05) is 11.4 Å². The van der Waals surface area contributed by atoms with Crippen molar-refractivity contribution in [3.8, 4) is 5.75 Å². The van der Waals surface area contributed by atoms with Crippen molar-refractivity contribution in [3.63, 3.8) is 0 Å². The highest BCUT2D eigenvalue weighted by atomic mass is 32.1. The normalized spacial score (nSPS) is 10.1. The van der Waals surface area contributed by atoms with Crippen LogP contribution in [0.2, 0.25) is 0 Å². The molecule has 0 atom stereocenters. The van der Waals surface area contributed by atoms with Gasteiger partial charge < -0.3 is 10.1 Å². The van der Waals surface area contributed by atoms with E-state index in [0.29, 0.717) is 12.3 Å². The standard InChI is InChI=1S/C11H11FN2OS/c1-15-11-4-8(12)2-3-10(11)13-5-9-6-16-7-14-9/h2-4,6-7,13H,5H2,1H3. The second kappa shape index (κ2) is 4.94. The second-order valence-electron chi connectivity index (χ2n) is 3.18. The van der Waals surface area contributed by atoms with Gasteiger partial charge in [0.05, 0.1) is 30.5 Å². The molecule has 0 bridgehead atoms. The lowest BCUT2D eigenvalue weighted by Crippen LogP contribution is -2.01. The summed E-state index contributed by atoms with van der Waals surface area (Å²) in [4.78, 5) is 4.15. The van der Waals surface area contributed by atoms with Crippen molar-refractivity contribution in [2.75, 3.05) is 12.4 Å².